The summed E-state index contributed by atoms with van der Waals surface area (Å²) in [4.78, 5) is 4.05. The number of rotatable bonds is 5. The second kappa shape index (κ2) is 6.31. The Balaban J connectivity index is 1.83. The van der Waals surface area contributed by atoms with E-state index in [0.29, 0.717) is 8.95 Å². The van der Waals surface area contributed by atoms with Gasteiger partial charge in [-0.1, -0.05) is 0 Å². The number of halogens is 2. The zero-order valence-corrected chi connectivity index (χ0v) is 12.6. The van der Waals surface area contributed by atoms with Crippen LogP contribution in [-0.2, 0) is 13.0 Å². The second-order valence-corrected chi connectivity index (χ2v) is 5.48. The topological polar surface area (TPSA) is 73.8 Å². The van der Waals surface area contributed by atoms with Gasteiger partial charge in [0.15, 0.2) is 0 Å². The molecule has 0 atom stereocenters. The third-order valence-electron chi connectivity index (χ3n) is 2.41. The monoisotopic (exact) mass is 374 g/mol. The van der Waals surface area contributed by atoms with E-state index in [1.54, 1.807) is 0 Å². The molecule has 0 aliphatic rings. The Morgan fingerprint density at radius 3 is 2.61 bits per heavy atom. The highest BCUT2D eigenvalue weighted by atomic mass is 79.9. The molecule has 3 N–H and O–H groups in total. The third-order valence-corrected chi connectivity index (χ3v) is 3.62. The molecule has 0 radical (unpaired) electrons. The molecule has 0 fully saturated rings. The fourth-order valence-corrected chi connectivity index (χ4v) is 2.79. The maximum absolute atomic E-state index is 9.59. The summed E-state index contributed by atoms with van der Waals surface area (Å²) in [6, 6.07) is 3.78. The number of hydrogen-bond donors (Lipinski definition) is 3. The van der Waals surface area contributed by atoms with E-state index in [1.807, 2.05) is 12.1 Å². The van der Waals surface area contributed by atoms with E-state index in [9.17, 15) is 5.11 Å². The van der Waals surface area contributed by atoms with Crippen LogP contribution in [0.1, 0.15) is 11.4 Å². The summed E-state index contributed by atoms with van der Waals surface area (Å²) < 4.78 is 1.37. The fourth-order valence-electron chi connectivity index (χ4n) is 1.51. The third kappa shape index (κ3) is 3.54. The Bertz CT molecular complexity index is 493. The number of aromatic amines is 1. The van der Waals surface area contributed by atoms with Gasteiger partial charge in [0.1, 0.15) is 17.9 Å². The Kier molecular flexibility index (Phi) is 4.73. The Hall–Kier alpha value is -0.920. The Morgan fingerprint density at radius 2 is 2.00 bits per heavy atom. The first-order valence-corrected chi connectivity index (χ1v) is 6.97. The maximum Gasteiger partial charge on any atom is 0.143 e. The number of H-pyrrole nitrogens is 1. The lowest BCUT2D eigenvalue weighted by atomic mass is 10.2. The molecule has 2 aromatic rings. The van der Waals surface area contributed by atoms with Gasteiger partial charge in [-0.15, -0.1) is 0 Å². The summed E-state index contributed by atoms with van der Waals surface area (Å²) in [6.45, 7) is 1.54. The van der Waals surface area contributed by atoms with Gasteiger partial charge in [-0.3, -0.25) is 5.10 Å². The SMILES string of the molecule is Oc1c(Br)cc(CNCCc2ncn[nH]2)cc1Br. The van der Waals surface area contributed by atoms with Crippen LogP contribution in [0.15, 0.2) is 27.4 Å². The van der Waals surface area contributed by atoms with E-state index in [4.69, 9.17) is 0 Å². The van der Waals surface area contributed by atoms with Gasteiger partial charge in [0, 0.05) is 19.5 Å². The number of nitrogens with zero attached hydrogens (tertiary/aromatic N) is 2. The van der Waals surface area contributed by atoms with Crippen LogP contribution in [0.25, 0.3) is 0 Å². The molecule has 0 saturated heterocycles. The predicted molar refractivity (Wildman–Crippen MR) is 75.3 cm³/mol. The van der Waals surface area contributed by atoms with Crippen molar-refractivity contribution in [1.29, 1.82) is 0 Å². The van der Waals surface area contributed by atoms with Crippen molar-refractivity contribution in [1.82, 2.24) is 20.5 Å². The molecule has 0 bridgehead atoms. The highest BCUT2D eigenvalue weighted by Gasteiger charge is 2.05. The van der Waals surface area contributed by atoms with Crippen LogP contribution < -0.4 is 5.32 Å². The molecular formula is C11H12Br2N4O. The highest BCUT2D eigenvalue weighted by molar-refractivity contribution is 9.11. The smallest absolute Gasteiger partial charge is 0.143 e. The first kappa shape index (κ1) is 13.5. The van der Waals surface area contributed by atoms with E-state index in [-0.39, 0.29) is 5.75 Å². The van der Waals surface area contributed by atoms with E-state index in [1.165, 1.54) is 6.33 Å². The van der Waals surface area contributed by atoms with Gasteiger partial charge in [-0.05, 0) is 49.6 Å². The van der Waals surface area contributed by atoms with Crippen molar-refractivity contribution >= 4 is 31.9 Å². The van der Waals surface area contributed by atoms with Crippen LogP contribution >= 0.6 is 31.9 Å². The number of aromatic hydroxyl groups is 1. The van der Waals surface area contributed by atoms with Gasteiger partial charge in [0.05, 0.1) is 8.95 Å². The molecule has 1 aromatic heterocycles. The lowest BCUT2D eigenvalue weighted by Crippen LogP contribution is -2.17. The lowest BCUT2D eigenvalue weighted by Gasteiger charge is -2.07. The van der Waals surface area contributed by atoms with Gasteiger partial charge in [0.2, 0.25) is 0 Å². The van der Waals surface area contributed by atoms with E-state index >= 15 is 0 Å². The van der Waals surface area contributed by atoms with Gasteiger partial charge in [0.25, 0.3) is 0 Å². The first-order valence-electron chi connectivity index (χ1n) is 5.38. The average Bonchev–Trinajstić information content (AvgIpc) is 2.84. The van der Waals surface area contributed by atoms with Gasteiger partial charge < -0.3 is 10.4 Å². The number of aromatic nitrogens is 3. The largest absolute Gasteiger partial charge is 0.506 e. The van der Waals surface area contributed by atoms with Crippen LogP contribution in [-0.4, -0.2) is 26.8 Å². The van der Waals surface area contributed by atoms with Crippen LogP contribution in [0.5, 0.6) is 5.75 Å². The molecule has 2 rings (SSSR count). The molecule has 0 aliphatic heterocycles. The summed E-state index contributed by atoms with van der Waals surface area (Å²) in [7, 11) is 0. The average molecular weight is 376 g/mol. The molecule has 1 heterocycles. The molecule has 1 aromatic carbocycles. The van der Waals surface area contributed by atoms with Crippen molar-refractivity contribution in [2.45, 2.75) is 13.0 Å². The molecule has 0 aliphatic carbocycles. The number of phenols is 1. The number of nitrogens with one attached hydrogen (secondary N) is 2. The van der Waals surface area contributed by atoms with E-state index in [2.05, 4.69) is 52.4 Å². The van der Waals surface area contributed by atoms with Crippen molar-refractivity contribution in [3.63, 3.8) is 0 Å². The molecule has 0 amide bonds. The van der Waals surface area contributed by atoms with Crippen LogP contribution in [0.2, 0.25) is 0 Å². The molecule has 96 valence electrons. The minimum atomic E-state index is 0.223. The lowest BCUT2D eigenvalue weighted by molar-refractivity contribution is 0.468. The van der Waals surface area contributed by atoms with Gasteiger partial charge in [-0.2, -0.15) is 5.10 Å². The number of hydrogen-bond acceptors (Lipinski definition) is 4. The van der Waals surface area contributed by atoms with Gasteiger partial charge in [-0.25, -0.2) is 4.98 Å². The summed E-state index contributed by atoms with van der Waals surface area (Å²) in [5, 5.41) is 19.5. The molecular weight excluding hydrogens is 364 g/mol. The number of phenolic OH excluding ortho intramolecular Hbond substituents is 1. The second-order valence-electron chi connectivity index (χ2n) is 3.77. The summed E-state index contributed by atoms with van der Waals surface area (Å²) in [5.41, 5.74) is 1.09. The van der Waals surface area contributed by atoms with E-state index < -0.39 is 0 Å². The molecule has 5 nitrogen and oxygen atoms in total. The van der Waals surface area contributed by atoms with E-state index in [0.717, 1.165) is 30.9 Å². The first-order chi connectivity index (χ1) is 8.66. The van der Waals surface area contributed by atoms with Gasteiger partial charge >= 0.3 is 0 Å². The minimum Gasteiger partial charge on any atom is -0.506 e. The summed E-state index contributed by atoms with van der Waals surface area (Å²) in [6.07, 6.45) is 2.31. The molecule has 7 heteroatoms. The van der Waals surface area contributed by atoms with Crippen LogP contribution in [0.3, 0.4) is 0 Å². The molecule has 0 unspecified atom stereocenters. The normalized spacial score (nSPS) is 10.8. The zero-order valence-electron chi connectivity index (χ0n) is 9.45. The predicted octanol–water partition coefficient (Wildman–Crippen LogP) is 2.37. The Morgan fingerprint density at radius 1 is 1.28 bits per heavy atom. The standard InChI is InChI=1S/C11H12Br2N4O/c12-8-3-7(4-9(13)11(8)18)5-14-2-1-10-15-6-16-17-10/h3-4,6,14,18H,1-2,5H2,(H,15,16,17). The highest BCUT2D eigenvalue weighted by Crippen LogP contribution is 2.33. The minimum absolute atomic E-state index is 0.223. The van der Waals surface area contributed by atoms with Crippen molar-refractivity contribution in [3.8, 4) is 5.75 Å². The quantitative estimate of drug-likeness (QED) is 0.701. The zero-order chi connectivity index (χ0) is 13.0. The van der Waals surface area contributed by atoms with Crippen molar-refractivity contribution in [2.24, 2.45) is 0 Å². The van der Waals surface area contributed by atoms with Crippen molar-refractivity contribution in [3.05, 3.63) is 38.8 Å². The summed E-state index contributed by atoms with van der Waals surface area (Å²) >= 11 is 6.61. The Labute approximate surface area is 121 Å². The molecule has 0 saturated carbocycles. The molecule has 0 spiro atoms. The van der Waals surface area contributed by atoms with Crippen LogP contribution in [0, 0.1) is 0 Å². The fraction of sp³-hybridized carbons (Fsp3) is 0.273. The molecule has 18 heavy (non-hydrogen) atoms. The summed E-state index contributed by atoms with van der Waals surface area (Å²) in [5.74, 6) is 1.09. The maximum atomic E-state index is 9.59. The van der Waals surface area contributed by atoms with Crippen LogP contribution in [0.4, 0.5) is 0 Å². The van der Waals surface area contributed by atoms with Crippen molar-refractivity contribution in [2.75, 3.05) is 6.54 Å². The van der Waals surface area contributed by atoms with Crippen molar-refractivity contribution < 1.29 is 5.11 Å². The number of benzene rings is 1.